The molecule has 1 aromatic carbocycles. The van der Waals surface area contributed by atoms with Crippen molar-refractivity contribution in [3.8, 4) is 6.07 Å². The molecule has 1 aliphatic heterocycles. The van der Waals surface area contributed by atoms with Crippen LogP contribution in [0.25, 0.3) is 10.3 Å². The number of nitriles is 1. The summed E-state index contributed by atoms with van der Waals surface area (Å²) in [4.78, 5) is 23.6. The number of anilines is 1. The monoisotopic (exact) mass is 397 g/mol. The molecule has 8 heteroatoms. The van der Waals surface area contributed by atoms with Crippen molar-refractivity contribution in [2.75, 3.05) is 11.4 Å². The maximum absolute atomic E-state index is 12.8. The molecule has 1 aliphatic rings. The number of nitrogens with one attached hydrogen (secondary N) is 1. The van der Waals surface area contributed by atoms with E-state index in [1.54, 1.807) is 6.07 Å². The van der Waals surface area contributed by atoms with Gasteiger partial charge in [0.15, 0.2) is 10.8 Å². The number of hydrogen-bond acceptors (Lipinski definition) is 6. The van der Waals surface area contributed by atoms with Crippen molar-refractivity contribution in [1.29, 1.82) is 5.26 Å². The smallest absolute Gasteiger partial charge is 0.243 e. The summed E-state index contributed by atoms with van der Waals surface area (Å²) in [5.74, 6) is -0.0302. The molecule has 1 N–H and O–H groups in total. The average molecular weight is 398 g/mol. The minimum atomic E-state index is -0.261. The van der Waals surface area contributed by atoms with Crippen molar-refractivity contribution < 1.29 is 4.79 Å². The number of carbonyl (C=O) groups excluding carboxylic acids is 1. The first kappa shape index (κ1) is 17.7. The van der Waals surface area contributed by atoms with Crippen LogP contribution in [-0.2, 0) is 11.3 Å². The van der Waals surface area contributed by atoms with E-state index in [4.69, 9.17) is 16.9 Å². The Bertz CT molecular complexity index is 1040. The maximum atomic E-state index is 12.8. The van der Waals surface area contributed by atoms with Crippen LogP contribution in [0.4, 0.5) is 5.13 Å². The molecule has 1 amide bonds. The molecule has 6 nitrogen and oxygen atoms in total. The van der Waals surface area contributed by atoms with Crippen molar-refractivity contribution >= 4 is 44.3 Å². The second kappa shape index (κ2) is 7.51. The second-order valence-electron chi connectivity index (χ2n) is 6.31. The lowest BCUT2D eigenvalue weighted by Crippen LogP contribution is -2.43. The lowest BCUT2D eigenvalue weighted by Gasteiger charge is -2.23. The summed E-state index contributed by atoms with van der Waals surface area (Å²) in [6.45, 7) is 1.17. The molecule has 0 aliphatic carbocycles. The minimum absolute atomic E-state index is 0.0302. The van der Waals surface area contributed by atoms with Crippen molar-refractivity contribution in [3.05, 3.63) is 52.7 Å². The van der Waals surface area contributed by atoms with Gasteiger partial charge in [0.05, 0.1) is 10.3 Å². The van der Waals surface area contributed by atoms with Gasteiger partial charge >= 0.3 is 0 Å². The molecule has 0 bridgehead atoms. The van der Waals surface area contributed by atoms with Gasteiger partial charge in [0, 0.05) is 24.3 Å². The Kier molecular flexibility index (Phi) is 4.92. The lowest BCUT2D eigenvalue weighted by molar-refractivity contribution is -0.122. The minimum Gasteiger partial charge on any atom is -0.350 e. The van der Waals surface area contributed by atoms with E-state index in [-0.39, 0.29) is 11.9 Å². The molecule has 27 heavy (non-hydrogen) atoms. The van der Waals surface area contributed by atoms with Crippen LogP contribution in [0.5, 0.6) is 0 Å². The highest BCUT2D eigenvalue weighted by Gasteiger charge is 2.32. The fourth-order valence-electron chi connectivity index (χ4n) is 3.20. The van der Waals surface area contributed by atoms with E-state index < -0.39 is 0 Å². The molecule has 1 atom stereocenters. The third-order valence-electron chi connectivity index (χ3n) is 4.58. The van der Waals surface area contributed by atoms with Gasteiger partial charge in [-0.15, -0.1) is 0 Å². The van der Waals surface area contributed by atoms with Crippen molar-refractivity contribution in [2.45, 2.75) is 25.4 Å². The van der Waals surface area contributed by atoms with E-state index in [1.807, 2.05) is 29.2 Å². The molecule has 3 heterocycles. The summed E-state index contributed by atoms with van der Waals surface area (Å²) in [7, 11) is 0. The molecular formula is C19H16ClN5OS. The molecule has 0 spiro atoms. The number of thiazole rings is 1. The van der Waals surface area contributed by atoms with Crippen LogP contribution in [-0.4, -0.2) is 28.5 Å². The molecular weight excluding hydrogens is 382 g/mol. The Morgan fingerprint density at radius 3 is 3.11 bits per heavy atom. The summed E-state index contributed by atoms with van der Waals surface area (Å²) in [5.41, 5.74) is 2.01. The fourth-order valence-corrected chi connectivity index (χ4v) is 4.45. The SMILES string of the molecule is N#Cc1cnc2nc(N3CCC[C@@H]3C(=O)NCc3ccccc3Cl)sc2c1. The highest BCUT2D eigenvalue weighted by molar-refractivity contribution is 7.22. The fraction of sp³-hybridized carbons (Fsp3) is 0.263. The standard InChI is InChI=1S/C19H16ClN5OS/c20-14-5-2-1-4-13(14)11-23-18(26)15-6-3-7-25(15)19-24-17-16(27-19)8-12(9-21)10-22-17/h1-2,4-5,8,10,15H,3,6-7,11H2,(H,23,26)/t15-/m1/s1. The third-order valence-corrected chi connectivity index (χ3v) is 5.97. The zero-order valence-electron chi connectivity index (χ0n) is 14.4. The van der Waals surface area contributed by atoms with Crippen LogP contribution in [0.2, 0.25) is 5.02 Å². The molecule has 1 saturated heterocycles. The molecule has 1 fully saturated rings. The van der Waals surface area contributed by atoms with E-state index >= 15 is 0 Å². The van der Waals surface area contributed by atoms with Crippen LogP contribution in [0, 0.1) is 11.3 Å². The van der Waals surface area contributed by atoms with Crippen molar-refractivity contribution in [1.82, 2.24) is 15.3 Å². The van der Waals surface area contributed by atoms with E-state index in [0.717, 1.165) is 34.8 Å². The number of fused-ring (bicyclic) bond motifs is 1. The summed E-state index contributed by atoms with van der Waals surface area (Å²) in [5, 5.41) is 13.4. The zero-order valence-corrected chi connectivity index (χ0v) is 15.9. The van der Waals surface area contributed by atoms with E-state index in [2.05, 4.69) is 21.4 Å². The maximum Gasteiger partial charge on any atom is 0.243 e. The van der Waals surface area contributed by atoms with Crippen LogP contribution in [0.1, 0.15) is 24.0 Å². The number of halogens is 1. The number of pyridine rings is 1. The van der Waals surface area contributed by atoms with Gasteiger partial charge in [-0.1, -0.05) is 41.1 Å². The van der Waals surface area contributed by atoms with Gasteiger partial charge in [0.2, 0.25) is 5.91 Å². The summed E-state index contributed by atoms with van der Waals surface area (Å²) >= 11 is 7.62. The molecule has 0 radical (unpaired) electrons. The molecule has 0 unspecified atom stereocenters. The third kappa shape index (κ3) is 3.59. The number of aromatic nitrogens is 2. The summed E-state index contributed by atoms with van der Waals surface area (Å²) in [6, 6.07) is 11.1. The number of rotatable bonds is 4. The first-order chi connectivity index (χ1) is 13.2. The van der Waals surface area contributed by atoms with E-state index in [9.17, 15) is 4.79 Å². The van der Waals surface area contributed by atoms with Crippen molar-refractivity contribution in [2.24, 2.45) is 0 Å². The first-order valence-electron chi connectivity index (χ1n) is 8.60. The Morgan fingerprint density at radius 2 is 2.30 bits per heavy atom. The van der Waals surface area contributed by atoms with Crippen LogP contribution in [0.15, 0.2) is 36.5 Å². The number of benzene rings is 1. The van der Waals surface area contributed by atoms with Gasteiger partial charge in [-0.25, -0.2) is 4.98 Å². The number of hydrogen-bond donors (Lipinski definition) is 1. The molecule has 0 saturated carbocycles. The van der Waals surface area contributed by atoms with E-state index in [0.29, 0.717) is 22.8 Å². The van der Waals surface area contributed by atoms with Crippen LogP contribution in [0.3, 0.4) is 0 Å². The molecule has 136 valence electrons. The van der Waals surface area contributed by atoms with Gasteiger partial charge in [0.25, 0.3) is 0 Å². The number of nitrogens with zero attached hydrogens (tertiary/aromatic N) is 4. The predicted molar refractivity (Wildman–Crippen MR) is 106 cm³/mol. The average Bonchev–Trinajstić information content (AvgIpc) is 3.33. The van der Waals surface area contributed by atoms with Crippen LogP contribution >= 0.6 is 22.9 Å². The summed E-state index contributed by atoms with van der Waals surface area (Å²) in [6.07, 6.45) is 3.22. The Morgan fingerprint density at radius 1 is 1.44 bits per heavy atom. The lowest BCUT2D eigenvalue weighted by atomic mass is 10.2. The van der Waals surface area contributed by atoms with Gasteiger partial charge in [-0.2, -0.15) is 10.2 Å². The predicted octanol–water partition coefficient (Wildman–Crippen LogP) is 3.50. The Balaban J connectivity index is 1.51. The number of amides is 1. The highest BCUT2D eigenvalue weighted by atomic mass is 35.5. The number of carbonyl (C=O) groups is 1. The topological polar surface area (TPSA) is 81.9 Å². The second-order valence-corrected chi connectivity index (χ2v) is 7.73. The van der Waals surface area contributed by atoms with Crippen molar-refractivity contribution in [3.63, 3.8) is 0 Å². The van der Waals surface area contributed by atoms with Gasteiger partial charge in [0.1, 0.15) is 12.1 Å². The molecule has 2 aromatic heterocycles. The Hall–Kier alpha value is -2.69. The summed E-state index contributed by atoms with van der Waals surface area (Å²) < 4.78 is 0.853. The first-order valence-corrected chi connectivity index (χ1v) is 9.79. The van der Waals surface area contributed by atoms with E-state index in [1.165, 1.54) is 17.5 Å². The quantitative estimate of drug-likeness (QED) is 0.728. The Labute approximate surface area is 165 Å². The van der Waals surface area contributed by atoms with Gasteiger partial charge in [-0.05, 0) is 30.5 Å². The zero-order chi connectivity index (χ0) is 18.8. The van der Waals surface area contributed by atoms with Gasteiger partial charge in [-0.3, -0.25) is 4.79 Å². The normalized spacial score (nSPS) is 16.4. The largest absolute Gasteiger partial charge is 0.350 e. The highest BCUT2D eigenvalue weighted by Crippen LogP contribution is 2.33. The molecule has 4 rings (SSSR count). The van der Waals surface area contributed by atoms with Gasteiger partial charge < -0.3 is 10.2 Å². The van der Waals surface area contributed by atoms with Crippen LogP contribution < -0.4 is 10.2 Å². The molecule has 3 aromatic rings.